The van der Waals surface area contributed by atoms with Gasteiger partial charge in [-0.2, -0.15) is 8.42 Å². The fraction of sp³-hybridized carbons (Fsp3) is 1.00. The van der Waals surface area contributed by atoms with E-state index in [1.807, 2.05) is 13.8 Å². The van der Waals surface area contributed by atoms with E-state index in [4.69, 9.17) is 0 Å². The quantitative estimate of drug-likeness (QED) is 0.692. The summed E-state index contributed by atoms with van der Waals surface area (Å²) in [5.74, 6) is 0.409. The third-order valence-corrected chi connectivity index (χ3v) is 1.70. The van der Waals surface area contributed by atoms with E-state index in [0.717, 1.165) is 0 Å². The molecule has 0 aromatic rings. The van der Waals surface area contributed by atoms with E-state index in [1.165, 1.54) is 0 Å². The lowest BCUT2D eigenvalue weighted by Gasteiger charge is -2.12. The maximum Gasteiger partial charge on any atom is 0.333 e. The molecule has 1 unspecified atom stereocenters. The molecule has 0 amide bonds. The van der Waals surface area contributed by atoms with Crippen LogP contribution in [0, 0.1) is 5.92 Å². The molecular formula is C6H15NO3S. The van der Waals surface area contributed by atoms with Crippen molar-refractivity contribution in [3.05, 3.63) is 0 Å². The summed E-state index contributed by atoms with van der Waals surface area (Å²) < 4.78 is 25.3. The minimum atomic E-state index is -3.77. The molecule has 0 bridgehead atoms. The molecule has 0 saturated heterocycles. The molecule has 1 atom stereocenters. The van der Waals surface area contributed by atoms with Crippen molar-refractivity contribution in [2.75, 3.05) is 0 Å². The van der Waals surface area contributed by atoms with Crippen LogP contribution in [0.1, 0.15) is 27.2 Å². The van der Waals surface area contributed by atoms with Gasteiger partial charge in [-0.25, -0.2) is 5.14 Å². The molecule has 4 nitrogen and oxygen atoms in total. The molecule has 0 rings (SSSR count). The first-order valence-corrected chi connectivity index (χ1v) is 4.99. The minimum Gasteiger partial charge on any atom is -0.255 e. The highest BCUT2D eigenvalue weighted by atomic mass is 32.2. The van der Waals surface area contributed by atoms with Gasteiger partial charge in [0.25, 0.3) is 0 Å². The Bertz CT molecular complexity index is 198. The molecule has 0 heterocycles. The summed E-state index contributed by atoms with van der Waals surface area (Å²) >= 11 is 0. The van der Waals surface area contributed by atoms with E-state index in [0.29, 0.717) is 12.3 Å². The van der Waals surface area contributed by atoms with Crippen molar-refractivity contribution >= 4 is 10.3 Å². The zero-order valence-corrected chi connectivity index (χ0v) is 7.89. The predicted molar refractivity (Wildman–Crippen MR) is 43.1 cm³/mol. The lowest BCUT2D eigenvalue weighted by molar-refractivity contribution is 0.201. The first-order chi connectivity index (χ1) is 4.81. The molecule has 0 aromatic heterocycles. The van der Waals surface area contributed by atoms with Crippen LogP contribution in [0.3, 0.4) is 0 Å². The Morgan fingerprint density at radius 3 is 2.09 bits per heavy atom. The van der Waals surface area contributed by atoms with E-state index in [-0.39, 0.29) is 6.10 Å². The highest BCUT2D eigenvalue weighted by molar-refractivity contribution is 7.84. The van der Waals surface area contributed by atoms with Crippen LogP contribution in [-0.2, 0) is 14.5 Å². The first-order valence-electron chi connectivity index (χ1n) is 3.52. The second kappa shape index (κ2) is 4.04. The van der Waals surface area contributed by atoms with Crippen molar-refractivity contribution in [2.45, 2.75) is 33.3 Å². The Hall–Kier alpha value is -0.130. The Kier molecular flexibility index (Phi) is 3.99. The van der Waals surface area contributed by atoms with Gasteiger partial charge in [0.05, 0.1) is 6.10 Å². The van der Waals surface area contributed by atoms with Gasteiger partial charge < -0.3 is 0 Å². The Balaban J connectivity index is 3.80. The van der Waals surface area contributed by atoms with Crippen LogP contribution in [0.4, 0.5) is 0 Å². The second-order valence-corrected chi connectivity index (χ2v) is 4.21. The highest BCUT2D eigenvalue weighted by Gasteiger charge is 2.11. The highest BCUT2D eigenvalue weighted by Crippen LogP contribution is 2.08. The zero-order chi connectivity index (χ0) is 9.07. The average Bonchev–Trinajstić information content (AvgIpc) is 1.53. The number of nitrogens with two attached hydrogens (primary N) is 1. The minimum absolute atomic E-state index is 0.329. The Labute approximate surface area is 68.0 Å². The molecule has 5 heteroatoms. The molecule has 11 heavy (non-hydrogen) atoms. The summed E-state index contributed by atoms with van der Waals surface area (Å²) in [6.07, 6.45) is 0.362. The van der Waals surface area contributed by atoms with Crippen LogP contribution in [0.5, 0.6) is 0 Å². The fourth-order valence-electron chi connectivity index (χ4n) is 0.932. The molecule has 0 aliphatic rings. The summed E-state index contributed by atoms with van der Waals surface area (Å²) in [5.41, 5.74) is 0. The number of hydrogen-bond donors (Lipinski definition) is 1. The van der Waals surface area contributed by atoms with Gasteiger partial charge in [-0.3, -0.25) is 4.18 Å². The average molecular weight is 181 g/mol. The van der Waals surface area contributed by atoms with Gasteiger partial charge in [-0.15, -0.1) is 0 Å². The van der Waals surface area contributed by atoms with Crippen molar-refractivity contribution in [2.24, 2.45) is 11.1 Å². The zero-order valence-electron chi connectivity index (χ0n) is 7.07. The number of rotatable bonds is 4. The van der Waals surface area contributed by atoms with Gasteiger partial charge in [0.1, 0.15) is 0 Å². The Morgan fingerprint density at radius 1 is 1.36 bits per heavy atom. The maximum absolute atomic E-state index is 10.4. The largest absolute Gasteiger partial charge is 0.333 e. The predicted octanol–water partition coefficient (Wildman–Crippen LogP) is 0.641. The van der Waals surface area contributed by atoms with Crippen LogP contribution >= 0.6 is 0 Å². The van der Waals surface area contributed by atoms with Crippen molar-refractivity contribution in [1.82, 2.24) is 0 Å². The maximum atomic E-state index is 10.4. The summed E-state index contributed by atoms with van der Waals surface area (Å²) in [5, 5.41) is 4.66. The summed E-state index contributed by atoms with van der Waals surface area (Å²) in [6.45, 7) is 5.66. The van der Waals surface area contributed by atoms with Crippen LogP contribution in [0.25, 0.3) is 0 Å². The second-order valence-electron chi connectivity index (χ2n) is 3.03. The van der Waals surface area contributed by atoms with E-state index < -0.39 is 10.3 Å². The lowest BCUT2D eigenvalue weighted by Crippen LogP contribution is -2.23. The molecule has 0 saturated carbocycles. The summed E-state index contributed by atoms with van der Waals surface area (Å²) in [7, 11) is -3.77. The van der Waals surface area contributed by atoms with Crippen molar-refractivity contribution in [3.8, 4) is 0 Å². The standard InChI is InChI=1S/C6H15NO3S/c1-5(2)4-6(3)10-11(7,8)9/h5-6H,4H2,1-3H3,(H2,7,8,9). The molecule has 0 radical (unpaired) electrons. The monoisotopic (exact) mass is 181 g/mol. The first kappa shape index (κ1) is 10.9. The van der Waals surface area contributed by atoms with Crippen LogP contribution < -0.4 is 5.14 Å². The van der Waals surface area contributed by atoms with Gasteiger partial charge in [0.2, 0.25) is 0 Å². The fourth-order valence-corrected chi connectivity index (χ4v) is 1.47. The molecule has 68 valence electrons. The summed E-state index contributed by atoms with van der Waals surface area (Å²) in [4.78, 5) is 0. The van der Waals surface area contributed by atoms with Crippen LogP contribution in [0.2, 0.25) is 0 Å². The van der Waals surface area contributed by atoms with E-state index in [1.54, 1.807) is 6.92 Å². The van der Waals surface area contributed by atoms with E-state index in [2.05, 4.69) is 9.32 Å². The van der Waals surface area contributed by atoms with Crippen LogP contribution in [0.15, 0.2) is 0 Å². The SMILES string of the molecule is CC(C)CC(C)OS(N)(=O)=O. The molecular weight excluding hydrogens is 166 g/mol. The van der Waals surface area contributed by atoms with Crippen molar-refractivity contribution < 1.29 is 12.6 Å². The van der Waals surface area contributed by atoms with Gasteiger partial charge in [0, 0.05) is 0 Å². The molecule has 0 fully saturated rings. The van der Waals surface area contributed by atoms with Gasteiger partial charge in [-0.1, -0.05) is 13.8 Å². The summed E-state index contributed by atoms with van der Waals surface area (Å²) in [6, 6.07) is 0. The Morgan fingerprint density at radius 2 is 1.82 bits per heavy atom. The normalized spacial score (nSPS) is 15.4. The molecule has 2 N–H and O–H groups in total. The van der Waals surface area contributed by atoms with Crippen molar-refractivity contribution in [1.29, 1.82) is 0 Å². The van der Waals surface area contributed by atoms with Gasteiger partial charge in [-0.05, 0) is 19.3 Å². The van der Waals surface area contributed by atoms with Crippen molar-refractivity contribution in [3.63, 3.8) is 0 Å². The molecule has 0 aliphatic heterocycles. The third-order valence-electron chi connectivity index (χ3n) is 1.10. The van der Waals surface area contributed by atoms with E-state index >= 15 is 0 Å². The molecule has 0 spiro atoms. The molecule has 0 aliphatic carbocycles. The van der Waals surface area contributed by atoms with Gasteiger partial charge in [0.15, 0.2) is 0 Å². The molecule has 0 aromatic carbocycles. The van der Waals surface area contributed by atoms with Crippen LogP contribution in [-0.4, -0.2) is 14.5 Å². The smallest absolute Gasteiger partial charge is 0.255 e. The van der Waals surface area contributed by atoms with E-state index in [9.17, 15) is 8.42 Å². The topological polar surface area (TPSA) is 69.4 Å². The lowest BCUT2D eigenvalue weighted by atomic mass is 10.1. The number of hydrogen-bond acceptors (Lipinski definition) is 3. The van der Waals surface area contributed by atoms with Gasteiger partial charge >= 0.3 is 10.3 Å². The third kappa shape index (κ3) is 7.77.